The summed E-state index contributed by atoms with van der Waals surface area (Å²) in [7, 11) is -0.953. The minimum absolute atomic E-state index is 0.0259. The van der Waals surface area contributed by atoms with Crippen LogP contribution >= 0.6 is 11.6 Å². The molecule has 3 rings (SSSR count). The van der Waals surface area contributed by atoms with Crippen LogP contribution in [0.2, 0.25) is 5.02 Å². The third-order valence-corrected chi connectivity index (χ3v) is 6.37. The molecule has 0 aliphatic rings. The Labute approximate surface area is 180 Å². The van der Waals surface area contributed by atoms with Crippen LogP contribution in [-0.4, -0.2) is 53.9 Å². The maximum absolute atomic E-state index is 13.2. The fraction of sp³-hybridized carbons (Fsp3) is 0.278. The first-order valence-electron chi connectivity index (χ1n) is 8.82. The van der Waals surface area contributed by atoms with Crippen LogP contribution in [0.15, 0.2) is 41.4 Å². The maximum atomic E-state index is 13.2. The highest BCUT2D eigenvalue weighted by Crippen LogP contribution is 2.33. The number of nitrogens with zero attached hydrogens (tertiary/aromatic N) is 4. The Hall–Kier alpha value is -2.70. The molecule has 1 N–H and O–H groups in total. The van der Waals surface area contributed by atoms with E-state index in [0.717, 1.165) is 14.8 Å². The summed E-state index contributed by atoms with van der Waals surface area (Å²) in [5.74, 6) is -0.370. The van der Waals surface area contributed by atoms with Gasteiger partial charge in [-0.3, -0.25) is 9.20 Å². The predicted octanol–water partition coefficient (Wildman–Crippen LogP) is 2.62. The van der Waals surface area contributed by atoms with E-state index in [9.17, 15) is 26.4 Å². The fourth-order valence-corrected chi connectivity index (χ4v) is 3.94. The predicted molar refractivity (Wildman–Crippen MR) is 106 cm³/mol. The van der Waals surface area contributed by atoms with Crippen LogP contribution in [0, 0.1) is 0 Å². The van der Waals surface area contributed by atoms with Gasteiger partial charge in [0, 0.05) is 38.8 Å². The zero-order valence-corrected chi connectivity index (χ0v) is 17.9. The van der Waals surface area contributed by atoms with Gasteiger partial charge < -0.3 is 5.32 Å². The van der Waals surface area contributed by atoms with Crippen LogP contribution in [-0.2, 0) is 22.6 Å². The number of rotatable bonds is 6. The van der Waals surface area contributed by atoms with Gasteiger partial charge in [-0.15, -0.1) is 10.2 Å². The average Bonchev–Trinajstić information content (AvgIpc) is 3.09. The van der Waals surface area contributed by atoms with Gasteiger partial charge in [-0.2, -0.15) is 13.2 Å². The van der Waals surface area contributed by atoms with Crippen LogP contribution in [0.25, 0.3) is 5.65 Å². The van der Waals surface area contributed by atoms with Gasteiger partial charge in [0.1, 0.15) is 11.4 Å². The van der Waals surface area contributed by atoms with Crippen molar-refractivity contribution in [3.05, 3.63) is 58.5 Å². The second-order valence-corrected chi connectivity index (χ2v) is 9.29. The van der Waals surface area contributed by atoms with Gasteiger partial charge in [0.15, 0.2) is 5.65 Å². The van der Waals surface area contributed by atoms with Crippen LogP contribution < -0.4 is 5.32 Å². The number of hydrogen-bond acceptors (Lipinski definition) is 5. The number of amides is 1. The second-order valence-electron chi connectivity index (χ2n) is 6.70. The van der Waals surface area contributed by atoms with Crippen LogP contribution in [0.3, 0.4) is 0 Å². The maximum Gasteiger partial charge on any atom is 0.420 e. The van der Waals surface area contributed by atoms with Gasteiger partial charge in [-0.05, 0) is 24.3 Å². The highest BCUT2D eigenvalue weighted by atomic mass is 35.5. The summed E-state index contributed by atoms with van der Waals surface area (Å²) >= 11 is 5.80. The van der Waals surface area contributed by atoms with Crippen molar-refractivity contribution in [2.75, 3.05) is 20.6 Å². The molecule has 0 bridgehead atoms. The third-order valence-electron chi connectivity index (χ3n) is 4.36. The standard InChI is InChI=1S/C18H17ClF3N5O3S/c1-26(2)31(29,30)13-5-3-4-11(8-13)17(28)23-7-6-15-24-25-16-14(18(20,21)22)9-12(19)10-27(15)16/h3-5,8-10H,6-7H2,1-2H3,(H,23,28). The van der Waals surface area contributed by atoms with E-state index in [1.54, 1.807) is 0 Å². The number of hydrogen-bond donors (Lipinski definition) is 1. The molecule has 0 radical (unpaired) electrons. The van der Waals surface area contributed by atoms with Crippen LogP contribution in [0.1, 0.15) is 21.7 Å². The monoisotopic (exact) mass is 475 g/mol. The number of nitrogens with one attached hydrogen (secondary N) is 1. The number of sulfonamides is 1. The summed E-state index contributed by atoms with van der Waals surface area (Å²) < 4.78 is 66.1. The largest absolute Gasteiger partial charge is 0.420 e. The van der Waals surface area contributed by atoms with E-state index in [0.29, 0.717) is 0 Å². The zero-order chi connectivity index (χ0) is 23.0. The van der Waals surface area contributed by atoms with E-state index < -0.39 is 27.7 Å². The van der Waals surface area contributed by atoms with E-state index in [1.165, 1.54) is 44.6 Å². The van der Waals surface area contributed by atoms with Crippen molar-refractivity contribution >= 4 is 33.2 Å². The molecule has 3 aromatic rings. The molecule has 0 unspecified atom stereocenters. The highest BCUT2D eigenvalue weighted by molar-refractivity contribution is 7.89. The first kappa shape index (κ1) is 23.0. The van der Waals surface area contributed by atoms with Gasteiger partial charge in [0.2, 0.25) is 10.0 Å². The first-order valence-corrected chi connectivity index (χ1v) is 10.6. The number of aromatic nitrogens is 3. The quantitative estimate of drug-likeness (QED) is 0.591. The molecule has 2 aromatic heterocycles. The van der Waals surface area contributed by atoms with Crippen LogP contribution in [0.5, 0.6) is 0 Å². The summed E-state index contributed by atoms with van der Waals surface area (Å²) in [4.78, 5) is 12.4. The molecule has 0 spiro atoms. The minimum Gasteiger partial charge on any atom is -0.352 e. The summed E-state index contributed by atoms with van der Waals surface area (Å²) in [6, 6.07) is 6.28. The minimum atomic E-state index is -4.65. The van der Waals surface area contributed by atoms with E-state index in [1.807, 2.05) is 0 Å². The first-order chi connectivity index (χ1) is 14.4. The lowest BCUT2D eigenvalue weighted by Crippen LogP contribution is -2.27. The molecule has 13 heteroatoms. The molecular formula is C18H17ClF3N5O3S. The molecule has 1 amide bonds. The van der Waals surface area contributed by atoms with Crippen LogP contribution in [0.4, 0.5) is 13.2 Å². The Balaban J connectivity index is 1.75. The molecule has 0 atom stereocenters. The van der Waals surface area contributed by atoms with Crippen molar-refractivity contribution in [3.8, 4) is 0 Å². The van der Waals surface area contributed by atoms with Gasteiger partial charge in [0.05, 0.1) is 9.92 Å². The topological polar surface area (TPSA) is 96.7 Å². The molecule has 0 aliphatic heterocycles. The van der Waals surface area contributed by atoms with E-state index in [-0.39, 0.29) is 39.9 Å². The molecule has 8 nitrogen and oxygen atoms in total. The second kappa shape index (κ2) is 8.44. The highest BCUT2D eigenvalue weighted by Gasteiger charge is 2.35. The smallest absolute Gasteiger partial charge is 0.352 e. The lowest BCUT2D eigenvalue weighted by Gasteiger charge is -2.12. The van der Waals surface area contributed by atoms with E-state index in [2.05, 4.69) is 15.5 Å². The fourth-order valence-electron chi connectivity index (χ4n) is 2.78. The van der Waals surface area contributed by atoms with E-state index >= 15 is 0 Å². The number of carbonyl (C=O) groups is 1. The van der Waals surface area contributed by atoms with E-state index in [4.69, 9.17) is 11.6 Å². The zero-order valence-electron chi connectivity index (χ0n) is 16.3. The molecule has 1 aromatic carbocycles. The number of alkyl halides is 3. The van der Waals surface area contributed by atoms with Crippen molar-refractivity contribution in [2.24, 2.45) is 0 Å². The van der Waals surface area contributed by atoms with Crippen molar-refractivity contribution < 1.29 is 26.4 Å². The Bertz CT molecular complexity index is 1240. The molecule has 0 aliphatic carbocycles. The Morgan fingerprint density at radius 1 is 1.23 bits per heavy atom. The summed E-state index contributed by atoms with van der Waals surface area (Å²) in [5.41, 5.74) is -1.28. The number of pyridine rings is 1. The molecule has 166 valence electrons. The lowest BCUT2D eigenvalue weighted by atomic mass is 10.2. The molecular weight excluding hydrogens is 459 g/mol. The normalized spacial score (nSPS) is 12.5. The summed E-state index contributed by atoms with van der Waals surface area (Å²) in [5, 5.41) is 9.80. The Morgan fingerprint density at radius 2 is 1.94 bits per heavy atom. The number of carbonyl (C=O) groups excluding carboxylic acids is 1. The molecule has 0 saturated carbocycles. The average molecular weight is 476 g/mol. The number of benzene rings is 1. The Morgan fingerprint density at radius 3 is 2.58 bits per heavy atom. The van der Waals surface area contributed by atoms with Gasteiger partial charge in [0.25, 0.3) is 5.91 Å². The van der Waals surface area contributed by atoms with Crippen molar-refractivity contribution in [1.29, 1.82) is 0 Å². The number of fused-ring (bicyclic) bond motifs is 1. The molecule has 0 fully saturated rings. The molecule has 31 heavy (non-hydrogen) atoms. The van der Waals surface area contributed by atoms with Crippen molar-refractivity contribution in [2.45, 2.75) is 17.5 Å². The number of halogens is 4. The SMILES string of the molecule is CN(C)S(=O)(=O)c1cccc(C(=O)NCCc2nnc3c(C(F)(F)F)cc(Cl)cn23)c1. The van der Waals surface area contributed by atoms with Crippen molar-refractivity contribution in [1.82, 2.24) is 24.2 Å². The van der Waals surface area contributed by atoms with Gasteiger partial charge >= 0.3 is 6.18 Å². The third kappa shape index (κ3) is 4.81. The summed E-state index contributed by atoms with van der Waals surface area (Å²) in [6.07, 6.45) is -3.32. The Kier molecular flexibility index (Phi) is 6.25. The van der Waals surface area contributed by atoms with Crippen molar-refractivity contribution in [3.63, 3.8) is 0 Å². The molecule has 2 heterocycles. The van der Waals surface area contributed by atoms with Gasteiger partial charge in [-0.1, -0.05) is 17.7 Å². The molecule has 0 saturated heterocycles. The van der Waals surface area contributed by atoms with Gasteiger partial charge in [-0.25, -0.2) is 12.7 Å². The lowest BCUT2D eigenvalue weighted by molar-refractivity contribution is -0.136. The summed E-state index contributed by atoms with van der Waals surface area (Å²) in [6.45, 7) is 0.0259.